The molecule has 1 aromatic heterocycles. The molecule has 140 valence electrons. The van der Waals surface area contributed by atoms with Gasteiger partial charge in [0, 0.05) is 46.4 Å². The topological polar surface area (TPSA) is 40.1 Å². The molecular formula is C20H28N4OS. The fourth-order valence-corrected chi connectivity index (χ4v) is 3.86. The first kappa shape index (κ1) is 18.7. The zero-order valence-corrected chi connectivity index (χ0v) is 16.5. The van der Waals surface area contributed by atoms with Crippen LogP contribution in [0.15, 0.2) is 46.8 Å². The van der Waals surface area contributed by atoms with E-state index in [1.807, 2.05) is 25.3 Å². The van der Waals surface area contributed by atoms with Crippen LogP contribution in [0.2, 0.25) is 0 Å². The molecule has 5 nitrogen and oxygen atoms in total. The van der Waals surface area contributed by atoms with Crippen LogP contribution in [0.1, 0.15) is 18.1 Å². The fraction of sp³-hybridized carbons (Fsp3) is 0.450. The van der Waals surface area contributed by atoms with Gasteiger partial charge in [-0.15, -0.1) is 11.3 Å². The monoisotopic (exact) mass is 372 g/mol. The number of nitrogens with zero attached hydrogens (tertiary/aromatic N) is 3. The van der Waals surface area contributed by atoms with Crippen molar-refractivity contribution in [2.75, 3.05) is 44.7 Å². The summed E-state index contributed by atoms with van der Waals surface area (Å²) in [7, 11) is 1.86. The first-order valence-corrected chi connectivity index (χ1v) is 10.1. The molecule has 1 saturated heterocycles. The Morgan fingerprint density at radius 3 is 2.46 bits per heavy atom. The quantitative estimate of drug-likeness (QED) is 0.624. The summed E-state index contributed by atoms with van der Waals surface area (Å²) in [5.74, 6) is 0.981. The number of piperazine rings is 1. The Labute approximate surface area is 160 Å². The third-order valence-corrected chi connectivity index (χ3v) is 5.48. The summed E-state index contributed by atoms with van der Waals surface area (Å²) >= 11 is 1.81. The molecule has 0 radical (unpaired) electrons. The number of hydrogen-bond donors (Lipinski definition) is 1. The van der Waals surface area contributed by atoms with Gasteiger partial charge in [0.25, 0.3) is 0 Å². The summed E-state index contributed by atoms with van der Waals surface area (Å²) in [4.78, 5) is 9.26. The van der Waals surface area contributed by atoms with Crippen molar-refractivity contribution in [3.63, 3.8) is 0 Å². The Hall–Kier alpha value is -2.05. The van der Waals surface area contributed by atoms with Gasteiger partial charge >= 0.3 is 0 Å². The highest BCUT2D eigenvalue weighted by Crippen LogP contribution is 2.22. The third kappa shape index (κ3) is 4.99. The second kappa shape index (κ2) is 9.59. The summed E-state index contributed by atoms with van der Waals surface area (Å²) in [6.45, 7) is 8.28. The van der Waals surface area contributed by atoms with Crippen LogP contribution in [0.5, 0.6) is 0 Å². The number of hydrogen-bond acceptors (Lipinski definition) is 4. The smallest absolute Gasteiger partial charge is 0.194 e. The first-order valence-electron chi connectivity index (χ1n) is 9.19. The van der Waals surface area contributed by atoms with Crippen LogP contribution in [0.4, 0.5) is 5.00 Å². The van der Waals surface area contributed by atoms with Crippen molar-refractivity contribution in [2.24, 2.45) is 4.99 Å². The molecule has 6 heteroatoms. The second-order valence-electron chi connectivity index (χ2n) is 6.28. The molecule has 0 saturated carbocycles. The van der Waals surface area contributed by atoms with Crippen LogP contribution in [0.3, 0.4) is 0 Å². The predicted molar refractivity (Wildman–Crippen MR) is 110 cm³/mol. The number of aliphatic imine (C=N–C) groups is 1. The van der Waals surface area contributed by atoms with E-state index in [1.165, 1.54) is 16.1 Å². The lowest BCUT2D eigenvalue weighted by molar-refractivity contribution is 0.134. The molecule has 0 aliphatic carbocycles. The average Bonchev–Trinajstić information content (AvgIpc) is 3.23. The molecular weight excluding hydrogens is 344 g/mol. The lowest BCUT2D eigenvalue weighted by atomic mass is 10.1. The Kier molecular flexibility index (Phi) is 6.91. The highest BCUT2D eigenvalue weighted by atomic mass is 32.1. The van der Waals surface area contributed by atoms with Gasteiger partial charge in [-0.2, -0.15) is 0 Å². The Bertz CT molecular complexity index is 676. The van der Waals surface area contributed by atoms with Crippen molar-refractivity contribution < 1.29 is 4.74 Å². The minimum absolute atomic E-state index is 0.681. The Morgan fingerprint density at radius 2 is 1.85 bits per heavy atom. The standard InChI is InChI=1S/C20H28N4OS/c1-3-25-16-18-8-6-17(7-9-18)15-22-20(21-2)24-12-10-23(11-13-24)19-5-4-14-26-19/h4-9,14H,3,10-13,15-16H2,1-2H3,(H,21,22). The molecule has 0 amide bonds. The van der Waals surface area contributed by atoms with Crippen LogP contribution in [0, 0.1) is 0 Å². The number of benzene rings is 1. The molecule has 26 heavy (non-hydrogen) atoms. The number of guanidine groups is 1. The van der Waals surface area contributed by atoms with Gasteiger partial charge in [0.05, 0.1) is 11.6 Å². The SMILES string of the molecule is CCOCc1ccc(CNC(=NC)N2CCN(c3cccs3)CC2)cc1. The van der Waals surface area contributed by atoms with E-state index in [1.54, 1.807) is 0 Å². The molecule has 2 aromatic rings. The maximum Gasteiger partial charge on any atom is 0.194 e. The first-order chi connectivity index (χ1) is 12.8. The van der Waals surface area contributed by atoms with Crippen LogP contribution in [-0.2, 0) is 17.9 Å². The van der Waals surface area contributed by atoms with E-state index in [0.29, 0.717) is 6.61 Å². The molecule has 1 N–H and O–H groups in total. The lowest BCUT2D eigenvalue weighted by Gasteiger charge is -2.37. The number of ether oxygens (including phenoxy) is 1. The zero-order valence-electron chi connectivity index (χ0n) is 15.6. The molecule has 3 rings (SSSR count). The number of nitrogens with one attached hydrogen (secondary N) is 1. The van der Waals surface area contributed by atoms with Crippen molar-refractivity contribution in [3.05, 3.63) is 52.9 Å². The summed E-state index contributed by atoms with van der Waals surface area (Å²) in [5.41, 5.74) is 2.47. The van der Waals surface area contributed by atoms with Gasteiger partial charge in [-0.05, 0) is 35.6 Å². The maximum atomic E-state index is 5.45. The normalized spacial score (nSPS) is 15.4. The molecule has 1 aromatic carbocycles. The molecule has 1 aliphatic heterocycles. The summed E-state index contributed by atoms with van der Waals surface area (Å²) < 4.78 is 5.45. The number of rotatable bonds is 6. The minimum atomic E-state index is 0.681. The fourth-order valence-electron chi connectivity index (χ4n) is 3.08. The van der Waals surface area contributed by atoms with E-state index in [2.05, 4.69) is 61.9 Å². The van der Waals surface area contributed by atoms with E-state index in [4.69, 9.17) is 4.74 Å². The van der Waals surface area contributed by atoms with Gasteiger partial charge in [0.2, 0.25) is 0 Å². The summed E-state index contributed by atoms with van der Waals surface area (Å²) in [6.07, 6.45) is 0. The summed E-state index contributed by atoms with van der Waals surface area (Å²) in [5, 5.41) is 7.00. The predicted octanol–water partition coefficient (Wildman–Crippen LogP) is 3.18. The van der Waals surface area contributed by atoms with E-state index < -0.39 is 0 Å². The van der Waals surface area contributed by atoms with Crippen LogP contribution in [-0.4, -0.2) is 50.7 Å². The average molecular weight is 373 g/mol. The number of thiophene rings is 1. The highest BCUT2D eigenvalue weighted by molar-refractivity contribution is 7.14. The van der Waals surface area contributed by atoms with E-state index >= 15 is 0 Å². The molecule has 0 unspecified atom stereocenters. The van der Waals surface area contributed by atoms with Crippen molar-refractivity contribution in [2.45, 2.75) is 20.1 Å². The van der Waals surface area contributed by atoms with E-state index in [0.717, 1.165) is 45.3 Å². The van der Waals surface area contributed by atoms with Gasteiger partial charge in [-0.3, -0.25) is 4.99 Å². The molecule has 2 heterocycles. The summed E-state index contributed by atoms with van der Waals surface area (Å²) in [6, 6.07) is 12.9. The Balaban J connectivity index is 1.48. The zero-order chi connectivity index (χ0) is 18.2. The molecule has 0 atom stereocenters. The van der Waals surface area contributed by atoms with E-state index in [-0.39, 0.29) is 0 Å². The van der Waals surface area contributed by atoms with Gasteiger partial charge in [0.1, 0.15) is 0 Å². The third-order valence-electron chi connectivity index (χ3n) is 4.56. The maximum absolute atomic E-state index is 5.45. The van der Waals surface area contributed by atoms with Gasteiger partial charge in [-0.1, -0.05) is 24.3 Å². The van der Waals surface area contributed by atoms with Crippen LogP contribution >= 0.6 is 11.3 Å². The van der Waals surface area contributed by atoms with Crippen molar-refractivity contribution in [1.82, 2.24) is 10.2 Å². The van der Waals surface area contributed by atoms with Gasteiger partial charge < -0.3 is 19.9 Å². The van der Waals surface area contributed by atoms with Crippen molar-refractivity contribution in [3.8, 4) is 0 Å². The number of anilines is 1. The molecule has 0 bridgehead atoms. The largest absolute Gasteiger partial charge is 0.377 e. The van der Waals surface area contributed by atoms with Crippen LogP contribution < -0.4 is 10.2 Å². The van der Waals surface area contributed by atoms with Gasteiger partial charge in [0.15, 0.2) is 5.96 Å². The molecule has 1 aliphatic rings. The van der Waals surface area contributed by atoms with Gasteiger partial charge in [-0.25, -0.2) is 0 Å². The van der Waals surface area contributed by atoms with Crippen LogP contribution in [0.25, 0.3) is 0 Å². The van der Waals surface area contributed by atoms with Crippen molar-refractivity contribution in [1.29, 1.82) is 0 Å². The van der Waals surface area contributed by atoms with E-state index in [9.17, 15) is 0 Å². The van der Waals surface area contributed by atoms with Crippen molar-refractivity contribution >= 4 is 22.3 Å². The molecule has 1 fully saturated rings. The minimum Gasteiger partial charge on any atom is -0.377 e. The molecule has 0 spiro atoms. The Morgan fingerprint density at radius 1 is 1.12 bits per heavy atom. The highest BCUT2D eigenvalue weighted by Gasteiger charge is 2.20. The second-order valence-corrected chi connectivity index (χ2v) is 7.21. The lowest BCUT2D eigenvalue weighted by Crippen LogP contribution is -2.52.